The molecule has 5 heteroatoms. The summed E-state index contributed by atoms with van der Waals surface area (Å²) in [5.41, 5.74) is 2.10. The van der Waals surface area contributed by atoms with Crippen LogP contribution in [0, 0.1) is 0 Å². The van der Waals surface area contributed by atoms with Gasteiger partial charge in [0, 0.05) is 14.1 Å². The Labute approximate surface area is 117 Å². The molecule has 5 nitrogen and oxygen atoms in total. The summed E-state index contributed by atoms with van der Waals surface area (Å²) in [7, 11) is 3.94. The van der Waals surface area contributed by atoms with Crippen molar-refractivity contribution in [3.05, 3.63) is 48.4 Å². The summed E-state index contributed by atoms with van der Waals surface area (Å²) >= 11 is 0. The monoisotopic (exact) mass is 267 g/mol. The van der Waals surface area contributed by atoms with Crippen LogP contribution in [0.15, 0.2) is 42.9 Å². The Bertz CT molecular complexity index is 719. The fourth-order valence-electron chi connectivity index (χ4n) is 2.37. The maximum Gasteiger partial charge on any atom is 0.163 e. The Morgan fingerprint density at radius 3 is 2.65 bits per heavy atom. The van der Waals surface area contributed by atoms with Gasteiger partial charge < -0.3 is 4.90 Å². The van der Waals surface area contributed by atoms with Gasteiger partial charge in [0.25, 0.3) is 0 Å². The summed E-state index contributed by atoms with van der Waals surface area (Å²) in [6.45, 7) is 2.17. The molecule has 102 valence electrons. The SMILES string of the molecule is C[C@@H](c1ccccc1)N(C)c1ncnc2c1cnn2C. The van der Waals surface area contributed by atoms with E-state index in [2.05, 4.69) is 51.2 Å². The van der Waals surface area contributed by atoms with Crippen LogP contribution >= 0.6 is 0 Å². The first-order valence-corrected chi connectivity index (χ1v) is 6.59. The minimum absolute atomic E-state index is 0.231. The largest absolute Gasteiger partial charge is 0.352 e. The minimum atomic E-state index is 0.231. The van der Waals surface area contributed by atoms with Gasteiger partial charge in [-0.15, -0.1) is 0 Å². The fourth-order valence-corrected chi connectivity index (χ4v) is 2.37. The summed E-state index contributed by atoms with van der Waals surface area (Å²) in [5, 5.41) is 5.23. The summed E-state index contributed by atoms with van der Waals surface area (Å²) in [6.07, 6.45) is 3.41. The van der Waals surface area contributed by atoms with E-state index in [0.29, 0.717) is 0 Å². The smallest absolute Gasteiger partial charge is 0.163 e. The highest BCUT2D eigenvalue weighted by Gasteiger charge is 2.17. The van der Waals surface area contributed by atoms with Gasteiger partial charge in [-0.3, -0.25) is 4.68 Å². The molecule has 0 aliphatic carbocycles. The number of nitrogens with zero attached hydrogens (tertiary/aromatic N) is 5. The first-order chi connectivity index (χ1) is 9.68. The number of benzene rings is 1. The summed E-state index contributed by atoms with van der Waals surface area (Å²) in [4.78, 5) is 10.9. The van der Waals surface area contributed by atoms with E-state index >= 15 is 0 Å². The Hall–Kier alpha value is -2.43. The molecule has 0 aliphatic rings. The van der Waals surface area contributed by atoms with Crippen molar-refractivity contribution in [2.75, 3.05) is 11.9 Å². The van der Waals surface area contributed by atoms with Gasteiger partial charge in [0.15, 0.2) is 5.65 Å². The molecular weight excluding hydrogens is 250 g/mol. The van der Waals surface area contributed by atoms with Crippen molar-refractivity contribution in [3.8, 4) is 0 Å². The Morgan fingerprint density at radius 2 is 1.90 bits per heavy atom. The van der Waals surface area contributed by atoms with Crippen molar-refractivity contribution in [2.24, 2.45) is 7.05 Å². The zero-order valence-electron chi connectivity index (χ0n) is 11.9. The van der Waals surface area contributed by atoms with Gasteiger partial charge in [-0.1, -0.05) is 30.3 Å². The first-order valence-electron chi connectivity index (χ1n) is 6.59. The molecule has 0 fully saturated rings. The maximum atomic E-state index is 4.43. The second-order valence-corrected chi connectivity index (χ2v) is 4.90. The van der Waals surface area contributed by atoms with Gasteiger partial charge in [-0.05, 0) is 12.5 Å². The number of anilines is 1. The van der Waals surface area contributed by atoms with E-state index in [9.17, 15) is 0 Å². The number of fused-ring (bicyclic) bond motifs is 1. The van der Waals surface area contributed by atoms with E-state index in [1.165, 1.54) is 5.56 Å². The number of rotatable bonds is 3. The molecule has 3 rings (SSSR count). The Kier molecular flexibility index (Phi) is 3.10. The summed E-state index contributed by atoms with van der Waals surface area (Å²) in [6, 6.07) is 10.6. The van der Waals surface area contributed by atoms with Crippen LogP contribution in [-0.2, 0) is 7.05 Å². The van der Waals surface area contributed by atoms with Crippen LogP contribution in [0.1, 0.15) is 18.5 Å². The number of aromatic nitrogens is 4. The van der Waals surface area contributed by atoms with Crippen LogP contribution in [-0.4, -0.2) is 26.8 Å². The Balaban J connectivity index is 2.02. The normalized spacial score (nSPS) is 12.6. The van der Waals surface area contributed by atoms with Crippen LogP contribution in [0.25, 0.3) is 11.0 Å². The average molecular weight is 267 g/mol. The highest BCUT2D eigenvalue weighted by atomic mass is 15.3. The highest BCUT2D eigenvalue weighted by Crippen LogP contribution is 2.28. The molecule has 0 saturated heterocycles. The van der Waals surface area contributed by atoms with Crippen LogP contribution in [0.2, 0.25) is 0 Å². The predicted octanol–water partition coefficient (Wildman–Crippen LogP) is 2.56. The molecule has 3 aromatic rings. The molecule has 2 aromatic heterocycles. The molecule has 1 atom stereocenters. The van der Waals surface area contributed by atoms with Crippen LogP contribution < -0.4 is 4.90 Å². The zero-order valence-corrected chi connectivity index (χ0v) is 11.9. The van der Waals surface area contributed by atoms with Crippen molar-refractivity contribution in [1.29, 1.82) is 0 Å². The van der Waals surface area contributed by atoms with Gasteiger partial charge in [0.1, 0.15) is 12.1 Å². The molecule has 0 aliphatic heterocycles. The lowest BCUT2D eigenvalue weighted by Crippen LogP contribution is -2.22. The van der Waals surface area contributed by atoms with E-state index in [4.69, 9.17) is 0 Å². The van der Waals surface area contributed by atoms with Crippen molar-refractivity contribution < 1.29 is 0 Å². The van der Waals surface area contributed by atoms with Crippen molar-refractivity contribution in [3.63, 3.8) is 0 Å². The van der Waals surface area contributed by atoms with Crippen LogP contribution in [0.5, 0.6) is 0 Å². The quantitative estimate of drug-likeness (QED) is 0.731. The number of hydrogen-bond donors (Lipinski definition) is 0. The minimum Gasteiger partial charge on any atom is -0.352 e. The van der Waals surface area contributed by atoms with Gasteiger partial charge >= 0.3 is 0 Å². The third-order valence-electron chi connectivity index (χ3n) is 3.71. The maximum absolute atomic E-state index is 4.43. The van der Waals surface area contributed by atoms with E-state index in [-0.39, 0.29) is 6.04 Å². The van der Waals surface area contributed by atoms with Gasteiger partial charge in [-0.25, -0.2) is 9.97 Å². The zero-order chi connectivity index (χ0) is 14.1. The molecular formula is C15H17N5. The van der Waals surface area contributed by atoms with Gasteiger partial charge in [0.05, 0.1) is 17.6 Å². The van der Waals surface area contributed by atoms with Crippen LogP contribution in [0.4, 0.5) is 5.82 Å². The average Bonchev–Trinajstić information content (AvgIpc) is 2.88. The topological polar surface area (TPSA) is 46.8 Å². The molecule has 1 aromatic carbocycles. The Morgan fingerprint density at radius 1 is 1.15 bits per heavy atom. The van der Waals surface area contributed by atoms with E-state index in [0.717, 1.165) is 16.9 Å². The molecule has 0 radical (unpaired) electrons. The standard InChI is InChI=1S/C15H17N5/c1-11(12-7-5-4-6-8-12)19(2)14-13-9-18-20(3)15(13)17-10-16-14/h4-11H,1-3H3/t11-/m0/s1. The highest BCUT2D eigenvalue weighted by molar-refractivity contribution is 5.86. The van der Waals surface area contributed by atoms with Crippen molar-refractivity contribution >= 4 is 16.9 Å². The van der Waals surface area contributed by atoms with E-state index in [1.807, 2.05) is 26.4 Å². The third kappa shape index (κ3) is 2.01. The second-order valence-electron chi connectivity index (χ2n) is 4.90. The van der Waals surface area contributed by atoms with Gasteiger partial charge in [0.2, 0.25) is 0 Å². The number of hydrogen-bond acceptors (Lipinski definition) is 4. The lowest BCUT2D eigenvalue weighted by molar-refractivity contribution is 0.730. The molecule has 0 unspecified atom stereocenters. The first kappa shape index (κ1) is 12.6. The summed E-state index contributed by atoms with van der Waals surface area (Å²) in [5.74, 6) is 0.902. The molecule has 0 N–H and O–H groups in total. The molecule has 20 heavy (non-hydrogen) atoms. The molecule has 0 spiro atoms. The number of aryl methyl sites for hydroxylation is 1. The van der Waals surface area contributed by atoms with Crippen molar-refractivity contribution in [2.45, 2.75) is 13.0 Å². The summed E-state index contributed by atoms with van der Waals surface area (Å²) < 4.78 is 1.77. The second kappa shape index (κ2) is 4.92. The van der Waals surface area contributed by atoms with Crippen molar-refractivity contribution in [1.82, 2.24) is 19.7 Å². The molecule has 0 bridgehead atoms. The van der Waals surface area contributed by atoms with E-state index < -0.39 is 0 Å². The predicted molar refractivity (Wildman–Crippen MR) is 79.6 cm³/mol. The molecule has 2 heterocycles. The lowest BCUT2D eigenvalue weighted by atomic mass is 10.1. The fraction of sp³-hybridized carbons (Fsp3) is 0.267. The van der Waals surface area contributed by atoms with E-state index in [1.54, 1.807) is 11.0 Å². The molecule has 0 saturated carbocycles. The molecule has 0 amide bonds. The van der Waals surface area contributed by atoms with Crippen LogP contribution in [0.3, 0.4) is 0 Å². The van der Waals surface area contributed by atoms with Gasteiger partial charge in [-0.2, -0.15) is 5.10 Å². The lowest BCUT2D eigenvalue weighted by Gasteiger charge is -2.26. The third-order valence-corrected chi connectivity index (χ3v) is 3.71.